The van der Waals surface area contributed by atoms with E-state index in [1.807, 2.05) is 0 Å². The number of nitrogens with zero attached hydrogens (tertiary/aromatic N) is 2. The van der Waals surface area contributed by atoms with Gasteiger partial charge in [-0.05, 0) is 28.1 Å². The second-order valence-corrected chi connectivity index (χ2v) is 5.40. The Balaban J connectivity index is 2.24. The van der Waals surface area contributed by atoms with Gasteiger partial charge in [-0.3, -0.25) is 4.79 Å². The van der Waals surface area contributed by atoms with Crippen LogP contribution in [-0.2, 0) is 0 Å². The molecule has 1 N–H and O–H groups in total. The van der Waals surface area contributed by atoms with Gasteiger partial charge in [0.05, 0.1) is 28.1 Å². The lowest BCUT2D eigenvalue weighted by molar-refractivity contribution is 0.102. The predicted molar refractivity (Wildman–Crippen MR) is 79.2 cm³/mol. The average molecular weight is 381 g/mol. The highest BCUT2D eigenvalue weighted by Gasteiger charge is 2.13. The number of amides is 1. The van der Waals surface area contributed by atoms with E-state index in [9.17, 15) is 4.79 Å². The molecule has 2 rings (SSSR count). The molecule has 2 aromatic rings. The van der Waals surface area contributed by atoms with E-state index < -0.39 is 5.91 Å². The van der Waals surface area contributed by atoms with Gasteiger partial charge in [-0.25, -0.2) is 9.97 Å². The molecule has 1 aromatic carbocycles. The zero-order chi connectivity index (χ0) is 14.0. The van der Waals surface area contributed by atoms with Crippen molar-refractivity contribution in [3.8, 4) is 0 Å². The molecule has 0 radical (unpaired) electrons. The molecule has 8 heteroatoms. The Morgan fingerprint density at radius 2 is 1.84 bits per heavy atom. The fraction of sp³-hybridized carbons (Fsp3) is 0. The molecule has 1 amide bonds. The van der Waals surface area contributed by atoms with Crippen LogP contribution in [0.5, 0.6) is 0 Å². The fourth-order valence-electron chi connectivity index (χ4n) is 1.24. The van der Waals surface area contributed by atoms with Gasteiger partial charge in [0.15, 0.2) is 0 Å². The monoisotopic (exact) mass is 379 g/mol. The van der Waals surface area contributed by atoms with Crippen molar-refractivity contribution in [1.29, 1.82) is 0 Å². The van der Waals surface area contributed by atoms with E-state index in [0.717, 1.165) is 0 Å². The summed E-state index contributed by atoms with van der Waals surface area (Å²) in [7, 11) is 0. The maximum Gasteiger partial charge on any atom is 0.275 e. The van der Waals surface area contributed by atoms with Crippen LogP contribution in [0.3, 0.4) is 0 Å². The number of hydrogen-bond acceptors (Lipinski definition) is 3. The zero-order valence-corrected chi connectivity index (χ0v) is 13.0. The second-order valence-electron chi connectivity index (χ2n) is 3.40. The SMILES string of the molecule is O=C(Nc1ccc(Br)c(Cl)c1Cl)c1cnc(Cl)cn1. The largest absolute Gasteiger partial charge is 0.319 e. The summed E-state index contributed by atoms with van der Waals surface area (Å²) in [5.74, 6) is -0.454. The molecule has 98 valence electrons. The highest BCUT2D eigenvalue weighted by atomic mass is 79.9. The smallest absolute Gasteiger partial charge is 0.275 e. The zero-order valence-electron chi connectivity index (χ0n) is 9.12. The summed E-state index contributed by atoms with van der Waals surface area (Å²) in [5, 5.41) is 3.36. The molecule has 1 heterocycles. The molecule has 0 unspecified atom stereocenters. The van der Waals surface area contributed by atoms with E-state index in [1.165, 1.54) is 12.4 Å². The molecule has 0 saturated carbocycles. The van der Waals surface area contributed by atoms with Crippen molar-refractivity contribution >= 4 is 62.3 Å². The van der Waals surface area contributed by atoms with Crippen LogP contribution < -0.4 is 5.32 Å². The molecule has 4 nitrogen and oxygen atoms in total. The van der Waals surface area contributed by atoms with Gasteiger partial charge in [-0.15, -0.1) is 0 Å². The van der Waals surface area contributed by atoms with Gasteiger partial charge in [0.25, 0.3) is 5.91 Å². The first-order valence-electron chi connectivity index (χ1n) is 4.91. The van der Waals surface area contributed by atoms with Crippen LogP contribution in [0.25, 0.3) is 0 Å². The predicted octanol–water partition coefficient (Wildman–Crippen LogP) is 4.45. The number of rotatable bonds is 2. The number of carbonyl (C=O) groups is 1. The van der Waals surface area contributed by atoms with Gasteiger partial charge in [0, 0.05) is 4.47 Å². The number of nitrogens with one attached hydrogen (secondary N) is 1. The molecular formula is C11H5BrCl3N3O. The number of benzene rings is 1. The van der Waals surface area contributed by atoms with Crippen molar-refractivity contribution < 1.29 is 4.79 Å². The standard InChI is InChI=1S/C11H5BrCl3N3O/c12-5-1-2-6(10(15)9(5)14)18-11(19)7-3-17-8(13)4-16-7/h1-4H,(H,18,19). The third-order valence-electron chi connectivity index (χ3n) is 2.14. The topological polar surface area (TPSA) is 54.9 Å². The van der Waals surface area contributed by atoms with Crippen LogP contribution in [0, 0.1) is 0 Å². The van der Waals surface area contributed by atoms with Gasteiger partial charge in [-0.1, -0.05) is 34.8 Å². The number of hydrogen-bond donors (Lipinski definition) is 1. The van der Waals surface area contributed by atoms with Crippen LogP contribution in [-0.4, -0.2) is 15.9 Å². The summed E-state index contributed by atoms with van der Waals surface area (Å²) in [6.45, 7) is 0. The summed E-state index contributed by atoms with van der Waals surface area (Å²) in [5.41, 5.74) is 0.510. The van der Waals surface area contributed by atoms with Crippen molar-refractivity contribution in [2.24, 2.45) is 0 Å². The second kappa shape index (κ2) is 6.05. The lowest BCUT2D eigenvalue weighted by atomic mass is 10.3. The number of aromatic nitrogens is 2. The fourth-order valence-corrected chi connectivity index (χ4v) is 2.16. The first-order valence-corrected chi connectivity index (χ1v) is 6.84. The Bertz CT molecular complexity index is 634. The summed E-state index contributed by atoms with van der Waals surface area (Å²) in [4.78, 5) is 19.5. The van der Waals surface area contributed by atoms with Crippen molar-refractivity contribution in [2.75, 3.05) is 5.32 Å². The molecule has 0 atom stereocenters. The van der Waals surface area contributed by atoms with Crippen molar-refractivity contribution in [2.45, 2.75) is 0 Å². The van der Waals surface area contributed by atoms with Crippen molar-refractivity contribution in [3.05, 3.63) is 49.9 Å². The summed E-state index contributed by atoms with van der Waals surface area (Å²) in [6.07, 6.45) is 2.55. The Labute approximate surface area is 132 Å². The third-order valence-corrected chi connectivity index (χ3v) is 4.10. The quantitative estimate of drug-likeness (QED) is 0.782. The molecule has 0 fully saturated rings. The van der Waals surface area contributed by atoms with E-state index in [4.69, 9.17) is 34.8 Å². The molecule has 0 saturated heterocycles. The van der Waals surface area contributed by atoms with Crippen LogP contribution in [0.4, 0.5) is 5.69 Å². The van der Waals surface area contributed by atoms with Gasteiger partial charge in [-0.2, -0.15) is 0 Å². The molecule has 0 aliphatic rings. The number of carbonyl (C=O) groups excluding carboxylic acids is 1. The minimum Gasteiger partial charge on any atom is -0.319 e. The molecular weight excluding hydrogens is 376 g/mol. The van der Waals surface area contributed by atoms with Gasteiger partial charge in [0.2, 0.25) is 0 Å². The van der Waals surface area contributed by atoms with Crippen LogP contribution in [0.1, 0.15) is 10.5 Å². The minimum absolute atomic E-state index is 0.125. The van der Waals surface area contributed by atoms with E-state index >= 15 is 0 Å². The van der Waals surface area contributed by atoms with Crippen LogP contribution >= 0.6 is 50.7 Å². The summed E-state index contributed by atoms with van der Waals surface area (Å²) >= 11 is 20.8. The highest BCUT2D eigenvalue weighted by molar-refractivity contribution is 9.10. The van der Waals surface area contributed by atoms with E-state index in [-0.39, 0.29) is 15.9 Å². The van der Waals surface area contributed by atoms with Crippen molar-refractivity contribution in [1.82, 2.24) is 9.97 Å². The minimum atomic E-state index is -0.454. The van der Waals surface area contributed by atoms with Gasteiger partial charge in [0.1, 0.15) is 10.8 Å². The van der Waals surface area contributed by atoms with Gasteiger partial charge < -0.3 is 5.32 Å². The molecule has 0 spiro atoms. The van der Waals surface area contributed by atoms with E-state index in [0.29, 0.717) is 15.2 Å². The normalized spacial score (nSPS) is 10.3. The molecule has 1 aromatic heterocycles. The first-order chi connectivity index (χ1) is 8.99. The Hall–Kier alpha value is -0.880. The number of halogens is 4. The maximum absolute atomic E-state index is 11.9. The van der Waals surface area contributed by atoms with Gasteiger partial charge >= 0.3 is 0 Å². The Morgan fingerprint density at radius 1 is 1.11 bits per heavy atom. The summed E-state index contributed by atoms with van der Waals surface area (Å²) in [6, 6.07) is 3.30. The Morgan fingerprint density at radius 3 is 2.47 bits per heavy atom. The maximum atomic E-state index is 11.9. The molecule has 0 bridgehead atoms. The molecule has 19 heavy (non-hydrogen) atoms. The molecule has 0 aliphatic heterocycles. The van der Waals surface area contributed by atoms with E-state index in [1.54, 1.807) is 12.1 Å². The average Bonchev–Trinajstić information content (AvgIpc) is 2.40. The lowest BCUT2D eigenvalue weighted by Gasteiger charge is -2.08. The Kier molecular flexibility index (Phi) is 4.62. The van der Waals surface area contributed by atoms with Crippen LogP contribution in [0.2, 0.25) is 15.2 Å². The third kappa shape index (κ3) is 3.36. The van der Waals surface area contributed by atoms with Crippen LogP contribution in [0.15, 0.2) is 29.0 Å². The molecule has 0 aliphatic carbocycles. The summed E-state index contributed by atoms with van der Waals surface area (Å²) < 4.78 is 0.642. The first kappa shape index (κ1) is 14.5. The van der Waals surface area contributed by atoms with Crippen molar-refractivity contribution in [3.63, 3.8) is 0 Å². The highest BCUT2D eigenvalue weighted by Crippen LogP contribution is 2.35. The lowest BCUT2D eigenvalue weighted by Crippen LogP contribution is -2.14. The number of anilines is 1. The van der Waals surface area contributed by atoms with E-state index in [2.05, 4.69) is 31.2 Å².